The highest BCUT2D eigenvalue weighted by molar-refractivity contribution is 7.79. The summed E-state index contributed by atoms with van der Waals surface area (Å²) in [5, 5.41) is 1.52. The minimum absolute atomic E-state index is 0.569. The van der Waals surface area contributed by atoms with E-state index in [0.29, 0.717) is 5.70 Å². The minimum atomic E-state index is 0.569. The van der Waals surface area contributed by atoms with Gasteiger partial charge >= 0.3 is 0 Å². The van der Waals surface area contributed by atoms with Gasteiger partial charge in [-0.3, -0.25) is 10.8 Å². The molecule has 0 bridgehead atoms. The lowest BCUT2D eigenvalue weighted by Gasteiger charge is -2.07. The zero-order valence-corrected chi connectivity index (χ0v) is 10.2. The zero-order valence-electron chi connectivity index (χ0n) is 9.37. The first-order valence-electron chi connectivity index (χ1n) is 4.56. The van der Waals surface area contributed by atoms with Crippen LogP contribution in [-0.4, -0.2) is 11.1 Å². The number of hydrogen-bond acceptors (Lipinski definition) is 4. The fourth-order valence-corrected chi connectivity index (χ4v) is 1.37. The van der Waals surface area contributed by atoms with Crippen LogP contribution in [0.4, 0.5) is 0 Å². The van der Waals surface area contributed by atoms with Gasteiger partial charge in [-0.2, -0.15) is 0 Å². The highest BCUT2D eigenvalue weighted by Crippen LogP contribution is 2.10. The van der Waals surface area contributed by atoms with Crippen molar-refractivity contribution in [1.82, 2.24) is 5.43 Å². The molecule has 0 spiro atoms. The average molecular weight is 223 g/mol. The number of hydrazine groups is 1. The SMILES string of the molecule is C=C(NN)\C(C=S)=C(C)/N=C(C)\C=C/C. The maximum atomic E-state index is 5.26. The standard InChI is InChI=1S/C11H17N3S/c1-5-6-8(2)13-9(3)11(7-15)10(4)14-12/h5-7,14H,4,12H2,1-3H3/b6-5-,11-9-,13-8-. The molecule has 0 amide bonds. The Kier molecular flexibility index (Phi) is 6.49. The molecule has 0 aliphatic heterocycles. The Labute approximate surface area is 96.4 Å². The quantitative estimate of drug-likeness (QED) is 0.188. The second-order valence-corrected chi connectivity index (χ2v) is 3.23. The van der Waals surface area contributed by atoms with E-state index in [1.54, 1.807) is 0 Å². The van der Waals surface area contributed by atoms with E-state index in [9.17, 15) is 0 Å². The van der Waals surface area contributed by atoms with Crippen molar-refractivity contribution in [3.8, 4) is 0 Å². The van der Waals surface area contributed by atoms with Gasteiger partial charge in [0.1, 0.15) is 0 Å². The normalized spacial score (nSPS) is 13.7. The maximum absolute atomic E-state index is 5.26. The number of nitrogens with zero attached hydrogens (tertiary/aromatic N) is 1. The smallest absolute Gasteiger partial charge is 0.0512 e. The van der Waals surface area contributed by atoms with E-state index in [1.807, 2.05) is 32.9 Å². The number of thiocarbonyl (C=S) groups is 1. The molecule has 0 aromatic carbocycles. The summed E-state index contributed by atoms with van der Waals surface area (Å²) in [5.74, 6) is 5.26. The van der Waals surface area contributed by atoms with Gasteiger partial charge in [0, 0.05) is 22.3 Å². The van der Waals surface area contributed by atoms with Crippen molar-refractivity contribution in [3.05, 3.63) is 35.7 Å². The van der Waals surface area contributed by atoms with Crippen molar-refractivity contribution >= 4 is 23.3 Å². The second kappa shape index (κ2) is 7.09. The summed E-state index contributed by atoms with van der Waals surface area (Å²) in [7, 11) is 0. The zero-order chi connectivity index (χ0) is 11.8. The lowest BCUT2D eigenvalue weighted by molar-refractivity contribution is 0.909. The monoisotopic (exact) mass is 223 g/mol. The van der Waals surface area contributed by atoms with E-state index < -0.39 is 0 Å². The third kappa shape index (κ3) is 4.67. The van der Waals surface area contributed by atoms with Gasteiger partial charge in [0.25, 0.3) is 0 Å². The van der Waals surface area contributed by atoms with Crippen LogP contribution < -0.4 is 11.3 Å². The molecule has 0 saturated heterocycles. The van der Waals surface area contributed by atoms with Crippen molar-refractivity contribution in [1.29, 1.82) is 0 Å². The summed E-state index contributed by atoms with van der Waals surface area (Å²) in [6.45, 7) is 9.47. The number of allylic oxidation sites excluding steroid dienone is 4. The van der Waals surface area contributed by atoms with E-state index in [-0.39, 0.29) is 0 Å². The molecule has 0 aromatic heterocycles. The molecule has 0 fully saturated rings. The number of nitrogens with two attached hydrogens (primary N) is 1. The van der Waals surface area contributed by atoms with Gasteiger partial charge in [-0.1, -0.05) is 24.9 Å². The van der Waals surface area contributed by atoms with E-state index >= 15 is 0 Å². The van der Waals surface area contributed by atoms with E-state index in [0.717, 1.165) is 17.0 Å². The first kappa shape index (κ1) is 13.7. The van der Waals surface area contributed by atoms with Crippen LogP contribution >= 0.6 is 12.2 Å². The summed E-state index contributed by atoms with van der Waals surface area (Å²) in [4.78, 5) is 4.36. The van der Waals surface area contributed by atoms with Crippen LogP contribution in [-0.2, 0) is 0 Å². The first-order valence-corrected chi connectivity index (χ1v) is 5.03. The molecule has 4 heteroatoms. The molecule has 3 nitrogen and oxygen atoms in total. The van der Waals surface area contributed by atoms with Crippen molar-refractivity contribution < 1.29 is 0 Å². The molecule has 0 saturated carbocycles. The van der Waals surface area contributed by atoms with Crippen molar-refractivity contribution in [2.24, 2.45) is 10.8 Å². The molecule has 0 radical (unpaired) electrons. The summed E-state index contributed by atoms with van der Waals surface area (Å²) < 4.78 is 0. The summed E-state index contributed by atoms with van der Waals surface area (Å²) >= 11 is 4.88. The molecule has 0 heterocycles. The van der Waals surface area contributed by atoms with Gasteiger partial charge in [0.15, 0.2) is 0 Å². The fourth-order valence-electron chi connectivity index (χ4n) is 1.06. The molecule has 0 aliphatic carbocycles. The second-order valence-electron chi connectivity index (χ2n) is 2.99. The Morgan fingerprint density at radius 1 is 1.47 bits per heavy atom. The largest absolute Gasteiger partial charge is 0.324 e. The van der Waals surface area contributed by atoms with Gasteiger partial charge in [-0.25, -0.2) is 0 Å². The summed E-state index contributed by atoms with van der Waals surface area (Å²) in [6.07, 6.45) is 3.85. The molecule has 0 aliphatic rings. The predicted octanol–water partition coefficient (Wildman–Crippen LogP) is 2.27. The first-order chi connectivity index (χ1) is 7.06. The third-order valence-corrected chi connectivity index (χ3v) is 1.99. The molecule has 82 valence electrons. The number of aliphatic imine (C=N–C) groups is 1. The van der Waals surface area contributed by atoms with Crippen molar-refractivity contribution in [3.63, 3.8) is 0 Å². The third-order valence-electron chi connectivity index (χ3n) is 1.76. The molecule has 15 heavy (non-hydrogen) atoms. The van der Waals surface area contributed by atoms with Crippen LogP contribution in [0.5, 0.6) is 0 Å². The highest BCUT2D eigenvalue weighted by atomic mass is 32.1. The van der Waals surface area contributed by atoms with Crippen LogP contribution in [0.3, 0.4) is 0 Å². The summed E-state index contributed by atoms with van der Waals surface area (Å²) in [6, 6.07) is 0. The van der Waals surface area contributed by atoms with Gasteiger partial charge in [-0.15, -0.1) is 0 Å². The molecular formula is C11H17N3S. The Morgan fingerprint density at radius 3 is 2.47 bits per heavy atom. The number of rotatable bonds is 5. The van der Waals surface area contributed by atoms with Crippen LogP contribution in [0.15, 0.2) is 40.7 Å². The van der Waals surface area contributed by atoms with Gasteiger partial charge < -0.3 is 5.43 Å². The highest BCUT2D eigenvalue weighted by Gasteiger charge is 2.01. The molecule has 0 atom stereocenters. The van der Waals surface area contributed by atoms with Crippen LogP contribution in [0.25, 0.3) is 0 Å². The van der Waals surface area contributed by atoms with Crippen LogP contribution in [0.2, 0.25) is 0 Å². The topological polar surface area (TPSA) is 50.4 Å². The van der Waals surface area contributed by atoms with Crippen LogP contribution in [0.1, 0.15) is 20.8 Å². The molecule has 3 N–H and O–H groups in total. The van der Waals surface area contributed by atoms with Gasteiger partial charge in [0.2, 0.25) is 0 Å². The Balaban J connectivity index is 5.13. The van der Waals surface area contributed by atoms with E-state index in [2.05, 4.69) is 17.0 Å². The Bertz CT molecular complexity index is 338. The lowest BCUT2D eigenvalue weighted by Crippen LogP contribution is -2.22. The predicted molar refractivity (Wildman–Crippen MR) is 70.7 cm³/mol. The van der Waals surface area contributed by atoms with Crippen molar-refractivity contribution in [2.75, 3.05) is 0 Å². The van der Waals surface area contributed by atoms with E-state index in [1.165, 1.54) is 5.37 Å². The van der Waals surface area contributed by atoms with Crippen LogP contribution in [0, 0.1) is 0 Å². The van der Waals surface area contributed by atoms with E-state index in [4.69, 9.17) is 18.1 Å². The number of hydrogen-bond donors (Lipinski definition) is 2. The fraction of sp³-hybridized carbons (Fsp3) is 0.273. The molecular weight excluding hydrogens is 206 g/mol. The minimum Gasteiger partial charge on any atom is -0.324 e. The maximum Gasteiger partial charge on any atom is 0.0512 e. The Morgan fingerprint density at radius 2 is 2.07 bits per heavy atom. The van der Waals surface area contributed by atoms with Gasteiger partial charge in [-0.05, 0) is 26.8 Å². The lowest BCUT2D eigenvalue weighted by atomic mass is 10.2. The average Bonchev–Trinajstić information content (AvgIpc) is 2.18. The molecule has 0 rings (SSSR count). The molecule has 0 aromatic rings. The van der Waals surface area contributed by atoms with Crippen molar-refractivity contribution in [2.45, 2.75) is 20.8 Å². The Hall–Kier alpha value is -1.26. The van der Waals surface area contributed by atoms with Gasteiger partial charge in [0.05, 0.1) is 5.70 Å². The number of nitrogens with one attached hydrogen (secondary N) is 1. The summed E-state index contributed by atoms with van der Waals surface area (Å²) in [5.41, 5.74) is 5.49. The molecule has 0 unspecified atom stereocenters.